The molecular formula is C13H20N4O2. The molecule has 0 spiro atoms. The molecule has 2 heterocycles. The SMILES string of the molecule is Cc1cnc(NCCCN2CCCC2)cc1[N+](=O)[O-]. The van der Waals surface area contributed by atoms with Gasteiger partial charge in [0.15, 0.2) is 0 Å². The Morgan fingerprint density at radius 1 is 1.47 bits per heavy atom. The van der Waals surface area contributed by atoms with Gasteiger partial charge in [0.05, 0.1) is 11.0 Å². The fourth-order valence-electron chi connectivity index (χ4n) is 2.33. The summed E-state index contributed by atoms with van der Waals surface area (Å²) < 4.78 is 0. The van der Waals surface area contributed by atoms with E-state index < -0.39 is 0 Å². The molecule has 104 valence electrons. The van der Waals surface area contributed by atoms with Crippen molar-refractivity contribution in [2.75, 3.05) is 31.5 Å². The molecule has 19 heavy (non-hydrogen) atoms. The van der Waals surface area contributed by atoms with E-state index in [0.29, 0.717) is 11.4 Å². The summed E-state index contributed by atoms with van der Waals surface area (Å²) in [5, 5.41) is 14.0. The van der Waals surface area contributed by atoms with Gasteiger partial charge in [-0.2, -0.15) is 0 Å². The van der Waals surface area contributed by atoms with E-state index in [1.165, 1.54) is 32.0 Å². The highest BCUT2D eigenvalue weighted by molar-refractivity contribution is 5.48. The first-order valence-electron chi connectivity index (χ1n) is 6.74. The van der Waals surface area contributed by atoms with Gasteiger partial charge < -0.3 is 10.2 Å². The molecule has 0 unspecified atom stereocenters. The molecule has 1 aliphatic heterocycles. The molecule has 0 atom stereocenters. The number of rotatable bonds is 6. The second-order valence-corrected chi connectivity index (χ2v) is 4.94. The fourth-order valence-corrected chi connectivity index (χ4v) is 2.33. The number of nitrogens with zero attached hydrogens (tertiary/aromatic N) is 3. The summed E-state index contributed by atoms with van der Waals surface area (Å²) in [7, 11) is 0. The van der Waals surface area contributed by atoms with Gasteiger partial charge in [-0.15, -0.1) is 0 Å². The molecule has 1 N–H and O–H groups in total. The predicted octanol–water partition coefficient (Wildman–Crippen LogP) is 2.20. The maximum absolute atomic E-state index is 10.8. The number of anilines is 1. The first kappa shape index (κ1) is 13.7. The quantitative estimate of drug-likeness (QED) is 0.484. The Hall–Kier alpha value is -1.69. The van der Waals surface area contributed by atoms with Gasteiger partial charge >= 0.3 is 0 Å². The Balaban J connectivity index is 1.79. The van der Waals surface area contributed by atoms with E-state index >= 15 is 0 Å². The van der Waals surface area contributed by atoms with Gasteiger partial charge in [-0.1, -0.05) is 0 Å². The third kappa shape index (κ3) is 3.89. The molecule has 0 aromatic carbocycles. The van der Waals surface area contributed by atoms with Crippen LogP contribution >= 0.6 is 0 Å². The van der Waals surface area contributed by atoms with Gasteiger partial charge in [0.2, 0.25) is 0 Å². The minimum absolute atomic E-state index is 0.122. The Morgan fingerprint density at radius 2 is 2.21 bits per heavy atom. The van der Waals surface area contributed by atoms with Crippen LogP contribution in [0.2, 0.25) is 0 Å². The number of hydrogen-bond acceptors (Lipinski definition) is 5. The van der Waals surface area contributed by atoms with Crippen LogP contribution < -0.4 is 5.32 Å². The number of pyridine rings is 1. The minimum Gasteiger partial charge on any atom is -0.370 e. The zero-order valence-electron chi connectivity index (χ0n) is 11.3. The highest BCUT2D eigenvalue weighted by atomic mass is 16.6. The molecule has 0 amide bonds. The van der Waals surface area contributed by atoms with Crippen LogP contribution in [0, 0.1) is 17.0 Å². The molecule has 1 aromatic rings. The maximum Gasteiger partial charge on any atom is 0.277 e. The summed E-state index contributed by atoms with van der Waals surface area (Å²) in [5.41, 5.74) is 0.713. The lowest BCUT2D eigenvalue weighted by atomic mass is 10.2. The van der Waals surface area contributed by atoms with Crippen LogP contribution in [0.3, 0.4) is 0 Å². The molecule has 1 saturated heterocycles. The first-order chi connectivity index (χ1) is 9.16. The van der Waals surface area contributed by atoms with Crippen molar-refractivity contribution in [3.05, 3.63) is 27.9 Å². The van der Waals surface area contributed by atoms with Crippen LogP contribution in [0.4, 0.5) is 11.5 Å². The molecule has 0 bridgehead atoms. The van der Waals surface area contributed by atoms with Crippen molar-refractivity contribution in [3.8, 4) is 0 Å². The van der Waals surface area contributed by atoms with Crippen molar-refractivity contribution < 1.29 is 4.92 Å². The lowest BCUT2D eigenvalue weighted by Crippen LogP contribution is -2.22. The standard InChI is InChI=1S/C13H20N4O2/c1-11-10-15-13(9-12(11)17(18)19)14-5-4-8-16-6-2-3-7-16/h9-10H,2-8H2,1H3,(H,14,15). The Morgan fingerprint density at radius 3 is 2.89 bits per heavy atom. The summed E-state index contributed by atoms with van der Waals surface area (Å²) >= 11 is 0. The highest BCUT2D eigenvalue weighted by Gasteiger charge is 2.12. The molecule has 6 nitrogen and oxygen atoms in total. The van der Waals surface area contributed by atoms with Gasteiger partial charge in [-0.25, -0.2) is 4.98 Å². The Labute approximate surface area is 113 Å². The van der Waals surface area contributed by atoms with E-state index in [4.69, 9.17) is 0 Å². The van der Waals surface area contributed by atoms with Crippen LogP contribution in [0.5, 0.6) is 0 Å². The molecule has 6 heteroatoms. The van der Waals surface area contributed by atoms with Crippen molar-refractivity contribution in [3.63, 3.8) is 0 Å². The third-order valence-corrected chi connectivity index (χ3v) is 3.43. The van der Waals surface area contributed by atoms with Gasteiger partial charge in [0.25, 0.3) is 5.69 Å². The molecular weight excluding hydrogens is 244 g/mol. The average Bonchev–Trinajstić information content (AvgIpc) is 2.89. The van der Waals surface area contributed by atoms with E-state index in [1.807, 2.05) is 0 Å². The van der Waals surface area contributed by atoms with Gasteiger partial charge in [-0.3, -0.25) is 10.1 Å². The molecule has 1 fully saturated rings. The zero-order valence-corrected chi connectivity index (χ0v) is 11.3. The lowest BCUT2D eigenvalue weighted by Gasteiger charge is -2.14. The second-order valence-electron chi connectivity index (χ2n) is 4.94. The summed E-state index contributed by atoms with van der Waals surface area (Å²) in [6.07, 6.45) is 5.18. The number of likely N-dealkylation sites (tertiary alicyclic amines) is 1. The number of aryl methyl sites for hydroxylation is 1. The Kier molecular flexibility index (Phi) is 4.68. The Bertz CT molecular complexity index is 444. The molecule has 0 saturated carbocycles. The van der Waals surface area contributed by atoms with Gasteiger partial charge in [0, 0.05) is 18.3 Å². The van der Waals surface area contributed by atoms with Crippen molar-refractivity contribution in [2.45, 2.75) is 26.2 Å². The predicted molar refractivity (Wildman–Crippen MR) is 74.4 cm³/mol. The van der Waals surface area contributed by atoms with Crippen LogP contribution in [0.1, 0.15) is 24.8 Å². The lowest BCUT2D eigenvalue weighted by molar-refractivity contribution is -0.385. The van der Waals surface area contributed by atoms with E-state index in [1.54, 1.807) is 13.1 Å². The van der Waals surface area contributed by atoms with Crippen LogP contribution in [0.25, 0.3) is 0 Å². The monoisotopic (exact) mass is 264 g/mol. The topological polar surface area (TPSA) is 71.3 Å². The number of aromatic nitrogens is 1. The number of nitrogens with one attached hydrogen (secondary N) is 1. The highest BCUT2D eigenvalue weighted by Crippen LogP contribution is 2.19. The van der Waals surface area contributed by atoms with Crippen molar-refractivity contribution in [2.24, 2.45) is 0 Å². The van der Waals surface area contributed by atoms with Gasteiger partial charge in [0.1, 0.15) is 5.82 Å². The zero-order chi connectivity index (χ0) is 13.7. The number of hydrogen-bond donors (Lipinski definition) is 1. The summed E-state index contributed by atoms with van der Waals surface area (Å²) in [5.74, 6) is 0.582. The van der Waals surface area contributed by atoms with Crippen molar-refractivity contribution in [1.82, 2.24) is 9.88 Å². The van der Waals surface area contributed by atoms with E-state index in [2.05, 4.69) is 15.2 Å². The smallest absolute Gasteiger partial charge is 0.277 e. The maximum atomic E-state index is 10.8. The minimum atomic E-state index is -0.369. The summed E-state index contributed by atoms with van der Waals surface area (Å²) in [4.78, 5) is 17.1. The molecule has 0 radical (unpaired) electrons. The van der Waals surface area contributed by atoms with Crippen molar-refractivity contribution >= 4 is 11.5 Å². The summed E-state index contributed by atoms with van der Waals surface area (Å²) in [6.45, 7) is 5.98. The number of nitro groups is 1. The molecule has 0 aliphatic carbocycles. The third-order valence-electron chi connectivity index (χ3n) is 3.43. The molecule has 1 aromatic heterocycles. The van der Waals surface area contributed by atoms with E-state index in [0.717, 1.165) is 19.5 Å². The van der Waals surface area contributed by atoms with E-state index in [9.17, 15) is 10.1 Å². The van der Waals surface area contributed by atoms with Crippen LogP contribution in [-0.4, -0.2) is 41.0 Å². The molecule has 2 rings (SSSR count). The first-order valence-corrected chi connectivity index (χ1v) is 6.74. The summed E-state index contributed by atoms with van der Waals surface area (Å²) in [6, 6.07) is 1.51. The average molecular weight is 264 g/mol. The normalized spacial score (nSPS) is 15.6. The van der Waals surface area contributed by atoms with Crippen LogP contribution in [-0.2, 0) is 0 Å². The van der Waals surface area contributed by atoms with Gasteiger partial charge in [-0.05, 0) is 45.8 Å². The van der Waals surface area contributed by atoms with Crippen LogP contribution in [0.15, 0.2) is 12.3 Å². The van der Waals surface area contributed by atoms with Crippen molar-refractivity contribution in [1.29, 1.82) is 0 Å². The van der Waals surface area contributed by atoms with E-state index in [-0.39, 0.29) is 10.6 Å². The fraction of sp³-hybridized carbons (Fsp3) is 0.615. The second kappa shape index (κ2) is 6.47. The largest absolute Gasteiger partial charge is 0.370 e. The molecule has 1 aliphatic rings.